The Bertz CT molecular complexity index is 414. The first-order valence-electron chi connectivity index (χ1n) is 6.36. The number of aromatic nitrogens is 1. The number of pyridine rings is 1. The molecule has 1 unspecified atom stereocenters. The van der Waals surface area contributed by atoms with Gasteiger partial charge in [-0.3, -0.25) is 9.78 Å². The van der Waals surface area contributed by atoms with Crippen molar-refractivity contribution in [2.24, 2.45) is 0 Å². The van der Waals surface area contributed by atoms with Crippen molar-refractivity contribution >= 4 is 5.91 Å². The molecule has 0 saturated carbocycles. The summed E-state index contributed by atoms with van der Waals surface area (Å²) in [5.41, 5.74) is 1.76. The zero-order chi connectivity index (χ0) is 12.4. The molecule has 1 saturated heterocycles. The molecule has 1 atom stereocenters. The predicted octanol–water partition coefficient (Wildman–Crippen LogP) is 2.83. The molecule has 17 heavy (non-hydrogen) atoms. The quantitative estimate of drug-likeness (QED) is 0.785. The van der Waals surface area contributed by atoms with Gasteiger partial charge in [0.2, 0.25) is 0 Å². The second-order valence-corrected chi connectivity index (χ2v) is 5.11. The van der Waals surface area contributed by atoms with Gasteiger partial charge in [0.15, 0.2) is 0 Å². The molecule has 2 rings (SSSR count). The summed E-state index contributed by atoms with van der Waals surface area (Å²) in [6.07, 6.45) is 3.98. The van der Waals surface area contributed by atoms with Gasteiger partial charge in [-0.1, -0.05) is 13.8 Å². The van der Waals surface area contributed by atoms with Crippen LogP contribution in [0.1, 0.15) is 55.6 Å². The van der Waals surface area contributed by atoms with Crippen molar-refractivity contribution in [3.8, 4) is 0 Å². The predicted molar refractivity (Wildman–Crippen MR) is 68.1 cm³/mol. The Kier molecular flexibility index (Phi) is 3.46. The second kappa shape index (κ2) is 4.86. The summed E-state index contributed by atoms with van der Waals surface area (Å²) in [4.78, 5) is 18.6. The molecule has 3 nitrogen and oxygen atoms in total. The van der Waals surface area contributed by atoms with Crippen LogP contribution >= 0.6 is 0 Å². The summed E-state index contributed by atoms with van der Waals surface area (Å²) in [6, 6.07) is 4.12. The summed E-state index contributed by atoms with van der Waals surface area (Å²) in [7, 11) is 0. The SMILES string of the molecule is CC(C)c1cc(C(=O)N2CCCC2C)ccn1. The average molecular weight is 232 g/mol. The van der Waals surface area contributed by atoms with Crippen molar-refractivity contribution in [3.63, 3.8) is 0 Å². The maximum Gasteiger partial charge on any atom is 0.254 e. The summed E-state index contributed by atoms with van der Waals surface area (Å²) < 4.78 is 0. The Balaban J connectivity index is 2.21. The van der Waals surface area contributed by atoms with E-state index in [1.807, 2.05) is 17.0 Å². The van der Waals surface area contributed by atoms with Crippen molar-refractivity contribution in [1.29, 1.82) is 0 Å². The lowest BCUT2D eigenvalue weighted by atomic mass is 10.1. The van der Waals surface area contributed by atoms with Crippen LogP contribution < -0.4 is 0 Å². The van der Waals surface area contributed by atoms with Crippen molar-refractivity contribution < 1.29 is 4.79 Å². The number of carbonyl (C=O) groups is 1. The van der Waals surface area contributed by atoms with E-state index in [9.17, 15) is 4.79 Å². The van der Waals surface area contributed by atoms with Gasteiger partial charge in [0.25, 0.3) is 5.91 Å². The molecule has 0 N–H and O–H groups in total. The van der Waals surface area contributed by atoms with E-state index < -0.39 is 0 Å². The molecule has 1 aromatic heterocycles. The molecule has 92 valence electrons. The summed E-state index contributed by atoms with van der Waals surface area (Å²) >= 11 is 0. The summed E-state index contributed by atoms with van der Waals surface area (Å²) in [5, 5.41) is 0. The smallest absolute Gasteiger partial charge is 0.254 e. The number of hydrogen-bond donors (Lipinski definition) is 0. The third-order valence-corrected chi connectivity index (χ3v) is 3.43. The Labute approximate surface area is 103 Å². The standard InChI is InChI=1S/C14H20N2O/c1-10(2)13-9-12(6-7-15-13)14(17)16-8-4-5-11(16)3/h6-7,9-11H,4-5,8H2,1-3H3. The molecule has 1 aliphatic rings. The first-order chi connectivity index (χ1) is 8.09. The van der Waals surface area contributed by atoms with Crippen LogP contribution in [0.5, 0.6) is 0 Å². The highest BCUT2D eigenvalue weighted by atomic mass is 16.2. The largest absolute Gasteiger partial charge is 0.336 e. The van der Waals surface area contributed by atoms with Crippen molar-refractivity contribution in [2.75, 3.05) is 6.54 Å². The first kappa shape index (κ1) is 12.1. The normalized spacial score (nSPS) is 20.0. The fraction of sp³-hybridized carbons (Fsp3) is 0.571. The molecule has 0 radical (unpaired) electrons. The monoisotopic (exact) mass is 232 g/mol. The van der Waals surface area contributed by atoms with Gasteiger partial charge in [-0.05, 0) is 37.8 Å². The lowest BCUT2D eigenvalue weighted by Crippen LogP contribution is -2.33. The minimum atomic E-state index is 0.152. The van der Waals surface area contributed by atoms with E-state index in [2.05, 4.69) is 25.8 Å². The Morgan fingerprint density at radius 3 is 2.88 bits per heavy atom. The number of hydrogen-bond acceptors (Lipinski definition) is 2. The second-order valence-electron chi connectivity index (χ2n) is 5.11. The molecule has 2 heterocycles. The Morgan fingerprint density at radius 1 is 1.53 bits per heavy atom. The van der Waals surface area contributed by atoms with E-state index in [0.29, 0.717) is 12.0 Å². The van der Waals surface area contributed by atoms with E-state index in [4.69, 9.17) is 0 Å². The van der Waals surface area contributed by atoms with Gasteiger partial charge in [-0.15, -0.1) is 0 Å². The number of carbonyl (C=O) groups excluding carboxylic acids is 1. The number of rotatable bonds is 2. The molecular formula is C14H20N2O. The van der Waals surface area contributed by atoms with Crippen LogP contribution in [0.3, 0.4) is 0 Å². The highest BCUT2D eigenvalue weighted by Gasteiger charge is 2.26. The molecule has 1 aromatic rings. The van der Waals surface area contributed by atoms with Crippen LogP contribution in [-0.2, 0) is 0 Å². The van der Waals surface area contributed by atoms with Gasteiger partial charge >= 0.3 is 0 Å². The topological polar surface area (TPSA) is 33.2 Å². The molecule has 0 aromatic carbocycles. The van der Waals surface area contributed by atoms with Crippen LogP contribution in [0.4, 0.5) is 0 Å². The van der Waals surface area contributed by atoms with Gasteiger partial charge in [0.1, 0.15) is 0 Å². The average Bonchev–Trinajstić information content (AvgIpc) is 2.74. The summed E-state index contributed by atoms with van der Waals surface area (Å²) in [6.45, 7) is 7.19. The molecule has 1 aliphatic heterocycles. The van der Waals surface area contributed by atoms with Crippen molar-refractivity contribution in [2.45, 2.75) is 45.6 Å². The molecule has 1 amide bonds. The van der Waals surface area contributed by atoms with Gasteiger partial charge < -0.3 is 4.90 Å². The Hall–Kier alpha value is -1.38. The fourth-order valence-electron chi connectivity index (χ4n) is 2.30. The van der Waals surface area contributed by atoms with E-state index in [0.717, 1.165) is 30.6 Å². The fourth-order valence-corrected chi connectivity index (χ4v) is 2.30. The highest BCUT2D eigenvalue weighted by Crippen LogP contribution is 2.20. The summed E-state index contributed by atoms with van der Waals surface area (Å²) in [5.74, 6) is 0.512. The minimum Gasteiger partial charge on any atom is -0.336 e. The van der Waals surface area contributed by atoms with Gasteiger partial charge in [0.05, 0.1) is 0 Å². The molecule has 0 spiro atoms. The maximum atomic E-state index is 12.3. The first-order valence-corrected chi connectivity index (χ1v) is 6.36. The van der Waals surface area contributed by atoms with E-state index in [-0.39, 0.29) is 5.91 Å². The van der Waals surface area contributed by atoms with Crippen LogP contribution in [-0.4, -0.2) is 28.4 Å². The zero-order valence-corrected chi connectivity index (χ0v) is 10.8. The van der Waals surface area contributed by atoms with Crippen molar-refractivity contribution in [1.82, 2.24) is 9.88 Å². The maximum absolute atomic E-state index is 12.3. The van der Waals surface area contributed by atoms with E-state index in [1.54, 1.807) is 6.20 Å². The van der Waals surface area contributed by atoms with Gasteiger partial charge in [-0.25, -0.2) is 0 Å². The van der Waals surface area contributed by atoms with Crippen LogP contribution in [0.25, 0.3) is 0 Å². The van der Waals surface area contributed by atoms with E-state index in [1.165, 1.54) is 0 Å². The molecule has 0 aliphatic carbocycles. The van der Waals surface area contributed by atoms with Crippen molar-refractivity contribution in [3.05, 3.63) is 29.6 Å². The Morgan fingerprint density at radius 2 is 2.29 bits per heavy atom. The number of nitrogens with zero attached hydrogens (tertiary/aromatic N) is 2. The third-order valence-electron chi connectivity index (χ3n) is 3.43. The van der Waals surface area contributed by atoms with Crippen LogP contribution in [0.2, 0.25) is 0 Å². The number of likely N-dealkylation sites (tertiary alicyclic amines) is 1. The van der Waals surface area contributed by atoms with Gasteiger partial charge in [-0.2, -0.15) is 0 Å². The van der Waals surface area contributed by atoms with Gasteiger partial charge in [0, 0.05) is 30.0 Å². The third kappa shape index (κ3) is 2.48. The highest BCUT2D eigenvalue weighted by molar-refractivity contribution is 5.94. The lowest BCUT2D eigenvalue weighted by molar-refractivity contribution is 0.0747. The molecule has 1 fully saturated rings. The molecule has 0 bridgehead atoms. The molecule has 3 heteroatoms. The van der Waals surface area contributed by atoms with Crippen LogP contribution in [0.15, 0.2) is 18.3 Å². The minimum absolute atomic E-state index is 0.152. The van der Waals surface area contributed by atoms with E-state index >= 15 is 0 Å². The number of amides is 1. The zero-order valence-electron chi connectivity index (χ0n) is 10.8. The lowest BCUT2D eigenvalue weighted by Gasteiger charge is -2.21. The molecular weight excluding hydrogens is 212 g/mol. The van der Waals surface area contributed by atoms with Crippen LogP contribution in [0, 0.1) is 0 Å².